The van der Waals surface area contributed by atoms with Crippen LogP contribution in [0.2, 0.25) is 0 Å². The summed E-state index contributed by atoms with van der Waals surface area (Å²) in [5.41, 5.74) is 2.21. The van der Waals surface area contributed by atoms with Crippen LogP contribution in [-0.2, 0) is 14.3 Å². The minimum absolute atomic E-state index is 0.237. The maximum atomic E-state index is 11.7. The van der Waals surface area contributed by atoms with Crippen LogP contribution in [0.4, 0.5) is 13.2 Å². The standard InChI is InChI=1S/C9H18F3NO3/c1-3-14-8(15-4-2)5-6-13-16-7-9(10,11)12/h8,13H,3-7H2,1-2H3. The first-order valence-corrected chi connectivity index (χ1v) is 5.14. The molecule has 0 saturated heterocycles. The Balaban J connectivity index is 3.46. The summed E-state index contributed by atoms with van der Waals surface area (Å²) in [5, 5.41) is 0. The molecule has 1 N–H and O–H groups in total. The highest BCUT2D eigenvalue weighted by molar-refractivity contribution is 4.48. The van der Waals surface area contributed by atoms with Crippen LogP contribution in [0.5, 0.6) is 0 Å². The number of hydrogen-bond donors (Lipinski definition) is 1. The van der Waals surface area contributed by atoms with E-state index in [1.807, 2.05) is 13.8 Å². The summed E-state index contributed by atoms with van der Waals surface area (Å²) in [6.45, 7) is 3.56. The van der Waals surface area contributed by atoms with Gasteiger partial charge in [0.25, 0.3) is 0 Å². The van der Waals surface area contributed by atoms with Gasteiger partial charge in [0.2, 0.25) is 0 Å². The summed E-state index contributed by atoms with van der Waals surface area (Å²) in [6.07, 6.45) is -4.29. The number of hydrogen-bond acceptors (Lipinski definition) is 4. The van der Waals surface area contributed by atoms with Crippen molar-refractivity contribution in [3.05, 3.63) is 0 Å². The van der Waals surface area contributed by atoms with Crippen LogP contribution in [-0.4, -0.2) is 38.8 Å². The van der Waals surface area contributed by atoms with Crippen LogP contribution in [0.25, 0.3) is 0 Å². The quantitative estimate of drug-likeness (QED) is 0.382. The molecule has 4 nitrogen and oxygen atoms in total. The molecule has 0 aromatic heterocycles. The SMILES string of the molecule is CCOC(CCNOCC(F)(F)F)OCC. The van der Waals surface area contributed by atoms with E-state index in [1.165, 1.54) is 0 Å². The molecule has 7 heteroatoms. The molecule has 0 saturated carbocycles. The van der Waals surface area contributed by atoms with E-state index in [2.05, 4.69) is 10.3 Å². The van der Waals surface area contributed by atoms with E-state index in [0.717, 1.165) is 0 Å². The van der Waals surface area contributed by atoms with Gasteiger partial charge in [-0.1, -0.05) is 0 Å². The van der Waals surface area contributed by atoms with E-state index >= 15 is 0 Å². The molecule has 0 aliphatic rings. The van der Waals surface area contributed by atoms with E-state index in [0.29, 0.717) is 19.6 Å². The monoisotopic (exact) mass is 245 g/mol. The average Bonchev–Trinajstić information content (AvgIpc) is 2.16. The van der Waals surface area contributed by atoms with Crippen molar-refractivity contribution in [2.45, 2.75) is 32.7 Å². The molecule has 0 aromatic carbocycles. The lowest BCUT2D eigenvalue weighted by atomic mass is 10.4. The fourth-order valence-corrected chi connectivity index (χ4v) is 0.968. The molecule has 0 spiro atoms. The molecule has 0 fully saturated rings. The molecule has 0 atom stereocenters. The maximum absolute atomic E-state index is 11.7. The first-order chi connectivity index (χ1) is 7.49. The molecule has 0 unspecified atom stereocenters. The van der Waals surface area contributed by atoms with Gasteiger partial charge in [0, 0.05) is 26.2 Å². The van der Waals surface area contributed by atoms with Crippen molar-refractivity contribution in [1.82, 2.24) is 5.48 Å². The highest BCUT2D eigenvalue weighted by Crippen LogP contribution is 2.13. The Morgan fingerprint density at radius 1 is 1.12 bits per heavy atom. The Labute approximate surface area is 93.0 Å². The summed E-state index contributed by atoms with van der Waals surface area (Å²) in [4.78, 5) is 4.22. The van der Waals surface area contributed by atoms with Gasteiger partial charge in [-0.25, -0.2) is 5.48 Å². The Kier molecular flexibility index (Phi) is 8.54. The van der Waals surface area contributed by atoms with Crippen molar-refractivity contribution in [2.75, 3.05) is 26.4 Å². The molecule has 0 radical (unpaired) electrons. The number of halogens is 3. The van der Waals surface area contributed by atoms with Crippen LogP contribution in [0.1, 0.15) is 20.3 Å². The second-order valence-electron chi connectivity index (χ2n) is 2.93. The van der Waals surface area contributed by atoms with Crippen LogP contribution in [0.3, 0.4) is 0 Å². The number of alkyl halides is 3. The molecule has 0 bridgehead atoms. The van der Waals surface area contributed by atoms with Gasteiger partial charge < -0.3 is 9.47 Å². The van der Waals surface area contributed by atoms with Gasteiger partial charge in [0.1, 0.15) is 0 Å². The van der Waals surface area contributed by atoms with E-state index in [4.69, 9.17) is 9.47 Å². The smallest absolute Gasteiger partial charge is 0.353 e. The molecular weight excluding hydrogens is 227 g/mol. The zero-order valence-electron chi connectivity index (χ0n) is 9.47. The Morgan fingerprint density at radius 3 is 2.12 bits per heavy atom. The molecule has 0 aliphatic heterocycles. The van der Waals surface area contributed by atoms with E-state index in [-0.39, 0.29) is 6.54 Å². The average molecular weight is 245 g/mol. The molecule has 98 valence electrons. The van der Waals surface area contributed by atoms with Crippen LogP contribution >= 0.6 is 0 Å². The van der Waals surface area contributed by atoms with Gasteiger partial charge in [0.05, 0.1) is 0 Å². The van der Waals surface area contributed by atoms with Crippen molar-refractivity contribution < 1.29 is 27.5 Å². The molecular formula is C9H18F3NO3. The minimum atomic E-state index is -4.31. The van der Waals surface area contributed by atoms with Gasteiger partial charge in [-0.3, -0.25) is 4.84 Å². The number of nitrogens with one attached hydrogen (secondary N) is 1. The Bertz CT molecular complexity index is 161. The first kappa shape index (κ1) is 15.6. The summed E-state index contributed by atoms with van der Waals surface area (Å²) in [7, 11) is 0. The van der Waals surface area contributed by atoms with Gasteiger partial charge in [-0.05, 0) is 13.8 Å². The second-order valence-corrected chi connectivity index (χ2v) is 2.93. The zero-order valence-corrected chi connectivity index (χ0v) is 9.47. The lowest BCUT2D eigenvalue weighted by Crippen LogP contribution is -2.28. The molecule has 0 aromatic rings. The highest BCUT2D eigenvalue weighted by Gasteiger charge is 2.27. The largest absolute Gasteiger partial charge is 0.413 e. The van der Waals surface area contributed by atoms with Crippen molar-refractivity contribution in [2.24, 2.45) is 0 Å². The first-order valence-electron chi connectivity index (χ1n) is 5.14. The van der Waals surface area contributed by atoms with Crippen molar-refractivity contribution in [3.63, 3.8) is 0 Å². The molecule has 0 heterocycles. The minimum Gasteiger partial charge on any atom is -0.353 e. The van der Waals surface area contributed by atoms with Crippen molar-refractivity contribution in [3.8, 4) is 0 Å². The Morgan fingerprint density at radius 2 is 1.69 bits per heavy atom. The van der Waals surface area contributed by atoms with Crippen LogP contribution in [0, 0.1) is 0 Å². The number of rotatable bonds is 9. The van der Waals surface area contributed by atoms with Crippen LogP contribution < -0.4 is 5.48 Å². The number of hydroxylamine groups is 1. The Hall–Kier alpha value is -0.370. The third-order valence-corrected chi connectivity index (χ3v) is 1.53. The molecule has 0 rings (SSSR count). The van der Waals surface area contributed by atoms with Crippen LogP contribution in [0.15, 0.2) is 0 Å². The molecule has 0 amide bonds. The topological polar surface area (TPSA) is 39.7 Å². The summed E-state index contributed by atoms with van der Waals surface area (Å²) in [6, 6.07) is 0. The normalized spacial score (nSPS) is 12.4. The van der Waals surface area contributed by atoms with Gasteiger partial charge in [-0.2, -0.15) is 13.2 Å². The highest BCUT2D eigenvalue weighted by atomic mass is 19.4. The fraction of sp³-hybridized carbons (Fsp3) is 1.00. The third-order valence-electron chi connectivity index (χ3n) is 1.53. The van der Waals surface area contributed by atoms with E-state index < -0.39 is 19.1 Å². The summed E-state index contributed by atoms with van der Waals surface area (Å²) < 4.78 is 45.4. The molecule has 16 heavy (non-hydrogen) atoms. The summed E-state index contributed by atoms with van der Waals surface area (Å²) >= 11 is 0. The third kappa shape index (κ3) is 10.2. The van der Waals surface area contributed by atoms with Crippen molar-refractivity contribution >= 4 is 0 Å². The fourth-order valence-electron chi connectivity index (χ4n) is 0.968. The second kappa shape index (κ2) is 8.74. The van der Waals surface area contributed by atoms with E-state index in [1.54, 1.807) is 0 Å². The lowest BCUT2D eigenvalue weighted by Gasteiger charge is -2.17. The van der Waals surface area contributed by atoms with Crippen molar-refractivity contribution in [1.29, 1.82) is 0 Å². The van der Waals surface area contributed by atoms with Gasteiger partial charge >= 0.3 is 6.18 Å². The van der Waals surface area contributed by atoms with Gasteiger partial charge in [0.15, 0.2) is 12.9 Å². The predicted molar refractivity (Wildman–Crippen MR) is 51.7 cm³/mol. The van der Waals surface area contributed by atoms with E-state index in [9.17, 15) is 13.2 Å². The number of ether oxygens (including phenoxy) is 2. The molecule has 0 aliphatic carbocycles. The summed E-state index contributed by atoms with van der Waals surface area (Å²) in [5.74, 6) is 0. The zero-order chi connectivity index (χ0) is 12.4. The predicted octanol–water partition coefficient (Wildman–Crippen LogP) is 1.86. The maximum Gasteiger partial charge on any atom is 0.413 e. The lowest BCUT2D eigenvalue weighted by molar-refractivity contribution is -0.192. The van der Waals surface area contributed by atoms with Gasteiger partial charge in [-0.15, -0.1) is 0 Å².